The smallest absolute Gasteiger partial charge is 0.236 e. The fraction of sp³-hybridized carbons (Fsp3) is 0.923. The molecule has 4 heteroatoms. The van der Waals surface area contributed by atoms with Crippen LogP contribution in [0.1, 0.15) is 40.5 Å². The molecule has 0 aliphatic heterocycles. The number of carbonyl (C=O) groups excluding carboxylic acids is 1. The molecule has 0 heterocycles. The van der Waals surface area contributed by atoms with Gasteiger partial charge >= 0.3 is 0 Å². The first-order valence-corrected chi connectivity index (χ1v) is 6.58. The fourth-order valence-electron chi connectivity index (χ4n) is 1.54. The van der Waals surface area contributed by atoms with Gasteiger partial charge in [-0.2, -0.15) is 0 Å². The summed E-state index contributed by atoms with van der Waals surface area (Å²) in [6.45, 7) is 10.2. The minimum absolute atomic E-state index is 0.0223. The summed E-state index contributed by atoms with van der Waals surface area (Å²) in [5.41, 5.74) is 5.79. The van der Waals surface area contributed by atoms with Crippen LogP contribution >= 0.6 is 0 Å². The second kappa shape index (κ2) is 8.48. The van der Waals surface area contributed by atoms with Gasteiger partial charge in [-0.25, -0.2) is 0 Å². The number of hydrogen-bond donors (Lipinski definition) is 2. The molecule has 0 aliphatic carbocycles. The van der Waals surface area contributed by atoms with Gasteiger partial charge in [0.05, 0.1) is 6.04 Å². The summed E-state index contributed by atoms with van der Waals surface area (Å²) >= 11 is 0. The maximum absolute atomic E-state index is 11.6. The highest BCUT2D eigenvalue weighted by Gasteiger charge is 2.14. The van der Waals surface area contributed by atoms with E-state index in [1.165, 1.54) is 0 Å². The highest BCUT2D eigenvalue weighted by molar-refractivity contribution is 5.81. The molecule has 0 rings (SSSR count). The molecule has 0 aromatic rings. The van der Waals surface area contributed by atoms with Crippen LogP contribution < -0.4 is 11.1 Å². The van der Waals surface area contributed by atoms with E-state index in [9.17, 15) is 4.79 Å². The quantitative estimate of drug-likeness (QED) is 0.630. The molecule has 0 fully saturated rings. The summed E-state index contributed by atoms with van der Waals surface area (Å²) in [4.78, 5) is 13.9. The molecular formula is C13H29N3O. The van der Waals surface area contributed by atoms with Gasteiger partial charge in [0.1, 0.15) is 0 Å². The van der Waals surface area contributed by atoms with Crippen LogP contribution in [0.15, 0.2) is 0 Å². The second-order valence-electron chi connectivity index (χ2n) is 5.45. The maximum Gasteiger partial charge on any atom is 0.236 e. The van der Waals surface area contributed by atoms with Crippen LogP contribution in [0, 0.1) is 5.92 Å². The normalized spacial score (nSPS) is 13.5. The molecule has 102 valence electrons. The number of nitrogens with zero attached hydrogens (tertiary/aromatic N) is 1. The molecule has 0 radical (unpaired) electrons. The predicted octanol–water partition coefficient (Wildman–Crippen LogP) is 1.21. The van der Waals surface area contributed by atoms with Gasteiger partial charge in [0.2, 0.25) is 5.91 Å². The average Bonchev–Trinajstić information content (AvgIpc) is 2.22. The van der Waals surface area contributed by atoms with Gasteiger partial charge in [-0.1, -0.05) is 13.8 Å². The number of nitrogens with two attached hydrogens (primary N) is 1. The Morgan fingerprint density at radius 2 is 1.88 bits per heavy atom. The van der Waals surface area contributed by atoms with Crippen molar-refractivity contribution in [1.29, 1.82) is 0 Å². The Hall–Kier alpha value is -0.610. The highest BCUT2D eigenvalue weighted by Crippen LogP contribution is 2.02. The average molecular weight is 243 g/mol. The molecule has 0 aromatic heterocycles. The molecule has 17 heavy (non-hydrogen) atoms. The third-order valence-corrected chi connectivity index (χ3v) is 2.93. The third kappa shape index (κ3) is 8.16. The van der Waals surface area contributed by atoms with E-state index < -0.39 is 0 Å². The fourth-order valence-corrected chi connectivity index (χ4v) is 1.54. The van der Waals surface area contributed by atoms with Gasteiger partial charge in [0, 0.05) is 12.6 Å². The SMILES string of the molecule is CC(C)C[C@@H](N)C(=O)NCCCN(C)C(C)C. The molecular weight excluding hydrogens is 214 g/mol. The molecule has 0 aliphatic rings. The van der Waals surface area contributed by atoms with Crippen molar-refractivity contribution in [3.63, 3.8) is 0 Å². The Morgan fingerprint density at radius 1 is 1.29 bits per heavy atom. The summed E-state index contributed by atoms with van der Waals surface area (Å²) in [5.74, 6) is 0.439. The van der Waals surface area contributed by atoms with Crippen molar-refractivity contribution in [2.75, 3.05) is 20.1 Å². The Kier molecular flexibility index (Phi) is 8.17. The van der Waals surface area contributed by atoms with Crippen LogP contribution in [-0.2, 0) is 4.79 Å². The van der Waals surface area contributed by atoms with Crippen molar-refractivity contribution in [1.82, 2.24) is 10.2 Å². The lowest BCUT2D eigenvalue weighted by Crippen LogP contribution is -2.42. The lowest BCUT2D eigenvalue weighted by Gasteiger charge is -2.21. The van der Waals surface area contributed by atoms with Crippen LogP contribution in [0.5, 0.6) is 0 Å². The van der Waals surface area contributed by atoms with Crippen molar-refractivity contribution >= 4 is 5.91 Å². The van der Waals surface area contributed by atoms with E-state index in [-0.39, 0.29) is 11.9 Å². The lowest BCUT2D eigenvalue weighted by atomic mass is 10.0. The molecule has 0 bridgehead atoms. The van der Waals surface area contributed by atoms with Crippen molar-refractivity contribution in [2.45, 2.75) is 52.6 Å². The zero-order valence-electron chi connectivity index (χ0n) is 12.0. The van der Waals surface area contributed by atoms with E-state index >= 15 is 0 Å². The standard InChI is InChI=1S/C13H29N3O/c1-10(2)9-12(14)13(17)15-7-6-8-16(5)11(3)4/h10-12H,6-9,14H2,1-5H3,(H,15,17)/t12-/m1/s1. The lowest BCUT2D eigenvalue weighted by molar-refractivity contribution is -0.122. The van der Waals surface area contributed by atoms with E-state index in [2.05, 4.69) is 45.0 Å². The van der Waals surface area contributed by atoms with Crippen LogP contribution in [0.2, 0.25) is 0 Å². The molecule has 1 amide bonds. The molecule has 0 unspecified atom stereocenters. The number of carbonyl (C=O) groups is 1. The Morgan fingerprint density at radius 3 is 2.35 bits per heavy atom. The molecule has 0 aromatic carbocycles. The maximum atomic E-state index is 11.6. The number of nitrogens with one attached hydrogen (secondary N) is 1. The molecule has 3 N–H and O–H groups in total. The van der Waals surface area contributed by atoms with E-state index in [1.807, 2.05) is 0 Å². The predicted molar refractivity (Wildman–Crippen MR) is 72.8 cm³/mol. The summed E-state index contributed by atoms with van der Waals surface area (Å²) in [7, 11) is 2.09. The number of hydrogen-bond acceptors (Lipinski definition) is 3. The Bertz CT molecular complexity index is 217. The first-order chi connectivity index (χ1) is 7.84. The molecule has 4 nitrogen and oxygen atoms in total. The van der Waals surface area contributed by atoms with Gasteiger partial charge < -0.3 is 16.0 Å². The van der Waals surface area contributed by atoms with Crippen LogP contribution in [0.3, 0.4) is 0 Å². The zero-order valence-corrected chi connectivity index (χ0v) is 12.0. The monoisotopic (exact) mass is 243 g/mol. The Labute approximate surface area is 106 Å². The van der Waals surface area contributed by atoms with Crippen molar-refractivity contribution in [3.05, 3.63) is 0 Å². The van der Waals surface area contributed by atoms with E-state index in [0.29, 0.717) is 18.5 Å². The molecule has 1 atom stereocenters. The first kappa shape index (κ1) is 16.4. The van der Waals surface area contributed by atoms with Crippen molar-refractivity contribution < 1.29 is 4.79 Å². The van der Waals surface area contributed by atoms with E-state index in [1.54, 1.807) is 0 Å². The van der Waals surface area contributed by atoms with Gasteiger partial charge in [-0.15, -0.1) is 0 Å². The van der Waals surface area contributed by atoms with E-state index in [4.69, 9.17) is 5.73 Å². The molecule has 0 saturated carbocycles. The number of rotatable bonds is 8. The summed E-state index contributed by atoms with van der Waals surface area (Å²) in [6.07, 6.45) is 1.71. The van der Waals surface area contributed by atoms with Gasteiger partial charge in [0.15, 0.2) is 0 Å². The topological polar surface area (TPSA) is 58.4 Å². The van der Waals surface area contributed by atoms with Crippen LogP contribution in [-0.4, -0.2) is 43.0 Å². The zero-order chi connectivity index (χ0) is 13.4. The first-order valence-electron chi connectivity index (χ1n) is 6.58. The Balaban J connectivity index is 3.64. The minimum atomic E-state index is -0.363. The summed E-state index contributed by atoms with van der Waals surface area (Å²) in [5, 5.41) is 2.89. The minimum Gasteiger partial charge on any atom is -0.355 e. The van der Waals surface area contributed by atoms with Crippen LogP contribution in [0.4, 0.5) is 0 Å². The second-order valence-corrected chi connectivity index (χ2v) is 5.45. The molecule has 0 spiro atoms. The van der Waals surface area contributed by atoms with Crippen LogP contribution in [0.25, 0.3) is 0 Å². The molecule has 0 saturated heterocycles. The largest absolute Gasteiger partial charge is 0.355 e. The van der Waals surface area contributed by atoms with E-state index in [0.717, 1.165) is 19.4 Å². The summed E-state index contributed by atoms with van der Waals surface area (Å²) in [6, 6.07) is 0.187. The van der Waals surface area contributed by atoms with Gasteiger partial charge in [-0.3, -0.25) is 4.79 Å². The summed E-state index contributed by atoms with van der Waals surface area (Å²) < 4.78 is 0. The van der Waals surface area contributed by atoms with Gasteiger partial charge in [-0.05, 0) is 46.2 Å². The van der Waals surface area contributed by atoms with Gasteiger partial charge in [0.25, 0.3) is 0 Å². The third-order valence-electron chi connectivity index (χ3n) is 2.93. The van der Waals surface area contributed by atoms with Crippen molar-refractivity contribution in [3.8, 4) is 0 Å². The number of amides is 1. The highest BCUT2D eigenvalue weighted by atomic mass is 16.2. The van der Waals surface area contributed by atoms with Crippen molar-refractivity contribution in [2.24, 2.45) is 11.7 Å².